The lowest BCUT2D eigenvalue weighted by molar-refractivity contribution is 0.127. The van der Waals surface area contributed by atoms with Crippen molar-refractivity contribution in [2.45, 2.75) is 78.4 Å². The maximum atomic E-state index is 10.2. The Kier molecular flexibility index (Phi) is 11.2. The third-order valence-corrected chi connectivity index (χ3v) is 3.88. The Morgan fingerprint density at radius 3 is 1.44 bits per heavy atom. The number of phosphoric ester groups is 1. The van der Waals surface area contributed by atoms with Gasteiger partial charge in [-0.3, -0.25) is 4.52 Å². The summed E-state index contributed by atoms with van der Waals surface area (Å²) in [6.45, 7) is 10.1. The van der Waals surface area contributed by atoms with E-state index in [-0.39, 0.29) is 11.6 Å². The largest absolute Gasteiger partial charge is 0.469 e. The second-order valence-corrected chi connectivity index (χ2v) is 5.65. The molecule has 0 aromatic rings. The van der Waals surface area contributed by atoms with E-state index < -0.39 is 7.82 Å². The number of hydrogen-bond donors (Lipinski definition) is 3. The highest BCUT2D eigenvalue weighted by atomic mass is 31.2. The summed E-state index contributed by atoms with van der Waals surface area (Å²) < 4.78 is 14.6. The average Bonchev–Trinajstić information content (AvgIpc) is 2.34. The fourth-order valence-corrected chi connectivity index (χ4v) is 2.07. The quantitative estimate of drug-likeness (QED) is 0.624. The second-order valence-electron chi connectivity index (χ2n) is 4.46. The molecule has 0 aromatic carbocycles. The standard InChI is InChI=1S/C7H17N.C5H13O4P/c1-4-7(8,5-2)6-3;1-3-5(4-2)9-10(6,7)8/h4-6,8H2,1-3H3;5H,3-4H2,1-2H3,(H2,6,7,8). The summed E-state index contributed by atoms with van der Waals surface area (Å²) in [5.41, 5.74) is 6.02. The summed E-state index contributed by atoms with van der Waals surface area (Å²) in [7, 11) is -4.25. The van der Waals surface area contributed by atoms with E-state index in [1.807, 2.05) is 13.8 Å². The van der Waals surface area contributed by atoms with E-state index in [4.69, 9.17) is 15.5 Å². The molecule has 0 aliphatic rings. The van der Waals surface area contributed by atoms with Gasteiger partial charge in [0.2, 0.25) is 0 Å². The minimum Gasteiger partial charge on any atom is -0.325 e. The lowest BCUT2D eigenvalue weighted by atomic mass is 9.92. The van der Waals surface area contributed by atoms with Crippen molar-refractivity contribution in [1.82, 2.24) is 0 Å². The molecule has 0 bridgehead atoms. The Hall–Kier alpha value is 0.0700. The van der Waals surface area contributed by atoms with Gasteiger partial charge in [0, 0.05) is 5.54 Å². The minimum atomic E-state index is -4.25. The Labute approximate surface area is 111 Å². The molecule has 0 aliphatic heterocycles. The van der Waals surface area contributed by atoms with Crippen molar-refractivity contribution in [3.8, 4) is 0 Å². The van der Waals surface area contributed by atoms with E-state index in [0.29, 0.717) is 12.8 Å². The van der Waals surface area contributed by atoms with Gasteiger partial charge in [0.15, 0.2) is 0 Å². The van der Waals surface area contributed by atoms with Crippen molar-refractivity contribution in [3.05, 3.63) is 0 Å². The first kappa shape index (κ1) is 20.4. The normalized spacial score (nSPS) is 12.3. The maximum Gasteiger partial charge on any atom is 0.469 e. The fourth-order valence-electron chi connectivity index (χ4n) is 1.38. The Morgan fingerprint density at radius 1 is 1.06 bits per heavy atom. The van der Waals surface area contributed by atoms with Crippen molar-refractivity contribution in [2.24, 2.45) is 5.73 Å². The summed E-state index contributed by atoms with van der Waals surface area (Å²) in [6, 6.07) is 0. The Morgan fingerprint density at radius 2 is 1.39 bits per heavy atom. The van der Waals surface area contributed by atoms with Crippen molar-refractivity contribution < 1.29 is 18.9 Å². The van der Waals surface area contributed by atoms with Crippen LogP contribution in [0.4, 0.5) is 0 Å². The maximum absolute atomic E-state index is 10.2. The molecule has 0 unspecified atom stereocenters. The highest BCUT2D eigenvalue weighted by Crippen LogP contribution is 2.38. The fraction of sp³-hybridized carbons (Fsp3) is 1.00. The van der Waals surface area contributed by atoms with Gasteiger partial charge in [-0.15, -0.1) is 0 Å². The molecule has 0 aromatic heterocycles. The molecule has 0 rings (SSSR count). The molecule has 0 saturated heterocycles. The molecule has 0 spiro atoms. The highest BCUT2D eigenvalue weighted by molar-refractivity contribution is 7.46. The number of phosphoric acid groups is 1. The summed E-state index contributed by atoms with van der Waals surface area (Å²) >= 11 is 0. The van der Waals surface area contributed by atoms with Crippen LogP contribution in [0.2, 0.25) is 0 Å². The van der Waals surface area contributed by atoms with Crippen molar-refractivity contribution >= 4 is 7.82 Å². The summed E-state index contributed by atoms with van der Waals surface area (Å²) in [5, 5.41) is 0. The molecule has 5 nitrogen and oxygen atoms in total. The van der Waals surface area contributed by atoms with E-state index in [9.17, 15) is 4.57 Å². The summed E-state index contributed by atoms with van der Waals surface area (Å²) in [6.07, 6.45) is 4.23. The van der Waals surface area contributed by atoms with Crippen molar-refractivity contribution in [1.29, 1.82) is 0 Å². The molecule has 0 atom stereocenters. The van der Waals surface area contributed by atoms with Gasteiger partial charge < -0.3 is 15.5 Å². The molecule has 0 aliphatic carbocycles. The number of nitrogens with two attached hydrogens (primary N) is 1. The van der Waals surface area contributed by atoms with E-state index >= 15 is 0 Å². The highest BCUT2D eigenvalue weighted by Gasteiger charge is 2.19. The van der Waals surface area contributed by atoms with Crippen molar-refractivity contribution in [3.63, 3.8) is 0 Å². The lowest BCUT2D eigenvalue weighted by Crippen LogP contribution is -2.37. The summed E-state index contributed by atoms with van der Waals surface area (Å²) in [5.74, 6) is 0. The van der Waals surface area contributed by atoms with Gasteiger partial charge in [0.05, 0.1) is 6.10 Å². The first-order valence-corrected chi connectivity index (χ1v) is 8.23. The second kappa shape index (κ2) is 9.93. The molecule has 4 N–H and O–H groups in total. The third-order valence-electron chi connectivity index (χ3n) is 3.31. The zero-order valence-electron chi connectivity index (χ0n) is 12.3. The third kappa shape index (κ3) is 11.2. The van der Waals surface area contributed by atoms with Gasteiger partial charge in [-0.1, -0.05) is 34.6 Å². The van der Waals surface area contributed by atoms with Crippen LogP contribution < -0.4 is 5.73 Å². The van der Waals surface area contributed by atoms with Gasteiger partial charge in [0.25, 0.3) is 0 Å². The molecule has 0 amide bonds. The van der Waals surface area contributed by atoms with Gasteiger partial charge in [-0.2, -0.15) is 0 Å². The van der Waals surface area contributed by atoms with E-state index in [0.717, 1.165) is 19.3 Å². The molecule has 112 valence electrons. The van der Waals surface area contributed by atoms with Crippen LogP contribution in [-0.4, -0.2) is 21.4 Å². The predicted molar refractivity (Wildman–Crippen MR) is 75.3 cm³/mol. The van der Waals surface area contributed by atoms with Crippen molar-refractivity contribution in [2.75, 3.05) is 0 Å². The minimum absolute atomic E-state index is 0.125. The molecular formula is C12H30NO4P. The van der Waals surface area contributed by atoms with Crippen LogP contribution in [0.15, 0.2) is 0 Å². The van der Waals surface area contributed by atoms with E-state index in [1.54, 1.807) is 0 Å². The first-order valence-electron chi connectivity index (χ1n) is 6.70. The van der Waals surface area contributed by atoms with E-state index in [2.05, 4.69) is 25.3 Å². The monoisotopic (exact) mass is 283 g/mol. The SMILES string of the molecule is CCC(CC)OP(=O)(O)O.CCC(N)(CC)CC. The molecule has 0 fully saturated rings. The lowest BCUT2D eigenvalue weighted by Gasteiger charge is -2.23. The number of rotatable bonds is 7. The average molecular weight is 283 g/mol. The molecule has 0 radical (unpaired) electrons. The Bertz CT molecular complexity index is 226. The van der Waals surface area contributed by atoms with Crippen LogP contribution in [0, 0.1) is 0 Å². The zero-order chi connectivity index (χ0) is 14.8. The van der Waals surface area contributed by atoms with Crippen LogP contribution in [0.1, 0.15) is 66.7 Å². The topological polar surface area (TPSA) is 92.8 Å². The van der Waals surface area contributed by atoms with Crippen LogP contribution >= 0.6 is 7.82 Å². The van der Waals surface area contributed by atoms with Gasteiger partial charge in [-0.25, -0.2) is 4.57 Å². The van der Waals surface area contributed by atoms with Crippen LogP contribution in [0.3, 0.4) is 0 Å². The van der Waals surface area contributed by atoms with Gasteiger partial charge in [0.1, 0.15) is 0 Å². The molecule has 6 heteroatoms. The number of hydrogen-bond acceptors (Lipinski definition) is 3. The Balaban J connectivity index is 0. The molecule has 0 saturated carbocycles. The zero-order valence-corrected chi connectivity index (χ0v) is 13.2. The molecule has 18 heavy (non-hydrogen) atoms. The smallest absolute Gasteiger partial charge is 0.325 e. The first-order chi connectivity index (χ1) is 8.17. The van der Waals surface area contributed by atoms with Crippen LogP contribution in [0.5, 0.6) is 0 Å². The van der Waals surface area contributed by atoms with Crippen LogP contribution in [-0.2, 0) is 9.09 Å². The van der Waals surface area contributed by atoms with E-state index in [1.165, 1.54) is 0 Å². The molecular weight excluding hydrogens is 253 g/mol. The van der Waals surface area contributed by atoms with Crippen LogP contribution in [0.25, 0.3) is 0 Å². The van der Waals surface area contributed by atoms with Gasteiger partial charge in [-0.05, 0) is 32.1 Å². The molecule has 0 heterocycles. The predicted octanol–water partition coefficient (Wildman–Crippen LogP) is 3.20. The van der Waals surface area contributed by atoms with Gasteiger partial charge >= 0.3 is 7.82 Å². The summed E-state index contributed by atoms with van der Waals surface area (Å²) in [4.78, 5) is 16.7.